The molecule has 82 valence electrons. The molecule has 0 aliphatic carbocycles. The quantitative estimate of drug-likeness (QED) is 0.438. The first-order valence-electron chi connectivity index (χ1n) is 4.50. The summed E-state index contributed by atoms with van der Waals surface area (Å²) in [6.45, 7) is 6.42. The maximum atomic E-state index is 12.0. The number of allylic oxidation sites excluding steroid dienone is 1. The van der Waals surface area contributed by atoms with Gasteiger partial charge in [0, 0.05) is 12.4 Å². The maximum absolute atomic E-state index is 12.0. The van der Waals surface area contributed by atoms with Crippen LogP contribution in [0.25, 0.3) is 0 Å². The Morgan fingerprint density at radius 1 is 1.64 bits per heavy atom. The van der Waals surface area contributed by atoms with Crippen LogP contribution in [0, 0.1) is 0 Å². The van der Waals surface area contributed by atoms with Crippen molar-refractivity contribution >= 4 is 19.1 Å². The Labute approximate surface area is 90.7 Å². The van der Waals surface area contributed by atoms with Gasteiger partial charge in [0.2, 0.25) is 0 Å². The molecule has 1 N–H and O–H groups in total. The van der Waals surface area contributed by atoms with Gasteiger partial charge in [0.25, 0.3) is 7.52 Å². The van der Waals surface area contributed by atoms with Crippen molar-refractivity contribution < 1.29 is 9.09 Å². The molecule has 0 fully saturated rings. The van der Waals surface area contributed by atoms with Crippen molar-refractivity contribution in [2.45, 2.75) is 20.8 Å². The Hall–Kier alpha value is -0.0400. The van der Waals surface area contributed by atoms with Gasteiger partial charge in [-0.2, -0.15) is 0 Å². The van der Waals surface area contributed by atoms with E-state index in [2.05, 4.69) is 10.8 Å². The third-order valence-corrected chi connectivity index (χ3v) is 3.23. The molecule has 1 unspecified atom stereocenters. The average molecular weight is 238 g/mol. The van der Waals surface area contributed by atoms with Gasteiger partial charge in [0.05, 0.1) is 12.4 Å². The molecule has 0 aromatic heterocycles. The van der Waals surface area contributed by atoms with Crippen molar-refractivity contribution in [3.63, 3.8) is 0 Å². The minimum Gasteiger partial charge on any atom is -0.315 e. The lowest BCUT2D eigenvalue weighted by Gasteiger charge is -2.13. The zero-order valence-corrected chi connectivity index (χ0v) is 10.5. The molecule has 3 nitrogen and oxygen atoms in total. The molecule has 0 saturated heterocycles. The van der Waals surface area contributed by atoms with Crippen molar-refractivity contribution in [2.75, 3.05) is 19.0 Å². The second-order valence-electron chi connectivity index (χ2n) is 2.89. The van der Waals surface area contributed by atoms with Gasteiger partial charge in [-0.05, 0) is 26.3 Å². The van der Waals surface area contributed by atoms with E-state index in [4.69, 9.17) is 16.1 Å². The van der Waals surface area contributed by atoms with Gasteiger partial charge in [-0.1, -0.05) is 0 Å². The van der Waals surface area contributed by atoms with E-state index in [1.54, 1.807) is 6.92 Å². The normalized spacial score (nSPS) is 14.3. The van der Waals surface area contributed by atoms with Gasteiger partial charge < -0.3 is 4.52 Å². The van der Waals surface area contributed by atoms with Crippen LogP contribution in [0.1, 0.15) is 20.8 Å². The van der Waals surface area contributed by atoms with E-state index in [0.717, 1.165) is 5.57 Å². The van der Waals surface area contributed by atoms with Crippen LogP contribution in [0.3, 0.4) is 0 Å². The van der Waals surface area contributed by atoms with Crippen molar-refractivity contribution in [3.8, 4) is 0 Å². The highest BCUT2D eigenvalue weighted by atomic mass is 35.5. The fourth-order valence-corrected chi connectivity index (χ4v) is 2.45. The van der Waals surface area contributed by atoms with E-state index in [1.807, 2.05) is 13.8 Å². The van der Waals surface area contributed by atoms with Crippen LogP contribution < -0.4 is 5.09 Å². The molecule has 14 heavy (non-hydrogen) atoms. The molecule has 0 aliphatic rings. The Kier molecular flexibility index (Phi) is 7.26. The minimum absolute atomic E-state index is 0.396. The van der Waals surface area contributed by atoms with E-state index in [-0.39, 0.29) is 0 Å². The van der Waals surface area contributed by atoms with Crippen LogP contribution in [0.2, 0.25) is 0 Å². The van der Waals surface area contributed by atoms with Gasteiger partial charge in [0.15, 0.2) is 0 Å². The SMILES string of the molecule is CCOP(=O)(C=C=C(C)C)NCCCl. The van der Waals surface area contributed by atoms with Gasteiger partial charge in [-0.3, -0.25) is 4.57 Å². The summed E-state index contributed by atoms with van der Waals surface area (Å²) in [4.78, 5) is 0. The van der Waals surface area contributed by atoms with Gasteiger partial charge in [-0.25, -0.2) is 5.09 Å². The summed E-state index contributed by atoms with van der Waals surface area (Å²) in [6, 6.07) is 0. The Bertz CT molecular complexity index is 268. The minimum atomic E-state index is -2.88. The number of halogens is 1. The number of alkyl halides is 1. The third-order valence-electron chi connectivity index (χ3n) is 1.27. The summed E-state index contributed by atoms with van der Waals surface area (Å²) >= 11 is 5.49. The number of hydrogen-bond acceptors (Lipinski definition) is 2. The van der Waals surface area contributed by atoms with Crippen LogP contribution in [-0.4, -0.2) is 19.0 Å². The summed E-state index contributed by atoms with van der Waals surface area (Å²) in [5.41, 5.74) is 3.83. The van der Waals surface area contributed by atoms with Gasteiger partial charge in [0.1, 0.15) is 0 Å². The highest BCUT2D eigenvalue weighted by Crippen LogP contribution is 2.43. The number of hydrogen-bond donors (Lipinski definition) is 1. The molecular weight excluding hydrogens is 221 g/mol. The van der Waals surface area contributed by atoms with Crippen molar-refractivity contribution in [1.29, 1.82) is 0 Å². The molecule has 0 amide bonds. The number of nitrogens with one attached hydrogen (secondary N) is 1. The lowest BCUT2D eigenvalue weighted by atomic mass is 10.4. The van der Waals surface area contributed by atoms with Gasteiger partial charge >= 0.3 is 0 Å². The molecule has 0 aromatic carbocycles. The molecule has 0 aliphatic heterocycles. The lowest BCUT2D eigenvalue weighted by Crippen LogP contribution is -2.13. The average Bonchev–Trinajstić information content (AvgIpc) is 2.13. The standard InChI is InChI=1S/C9H17ClNO2P/c1-4-13-14(12,11-7-6-10)8-5-9(2)3/h8H,4,6-7H2,1-3H3,(H,11,12). The predicted octanol–water partition coefficient (Wildman–Crippen LogP) is 3.12. The molecular formula is C9H17ClNO2P. The predicted molar refractivity (Wildman–Crippen MR) is 60.9 cm³/mol. The zero-order valence-electron chi connectivity index (χ0n) is 8.84. The highest BCUT2D eigenvalue weighted by molar-refractivity contribution is 7.60. The fourth-order valence-electron chi connectivity index (χ4n) is 0.733. The van der Waals surface area contributed by atoms with Gasteiger partial charge in [-0.15, -0.1) is 17.3 Å². The van der Waals surface area contributed by atoms with Crippen LogP contribution in [0.4, 0.5) is 0 Å². The van der Waals surface area contributed by atoms with Crippen molar-refractivity contribution in [2.24, 2.45) is 0 Å². The molecule has 0 saturated carbocycles. The molecule has 0 rings (SSSR count). The Balaban J connectivity index is 4.55. The van der Waals surface area contributed by atoms with E-state index in [0.29, 0.717) is 19.0 Å². The molecule has 5 heteroatoms. The largest absolute Gasteiger partial charge is 0.315 e. The third kappa shape index (κ3) is 6.42. The van der Waals surface area contributed by atoms with E-state index >= 15 is 0 Å². The summed E-state index contributed by atoms with van der Waals surface area (Å²) in [5.74, 6) is 1.86. The Morgan fingerprint density at radius 2 is 2.29 bits per heavy atom. The zero-order chi connectivity index (χ0) is 11.0. The van der Waals surface area contributed by atoms with Crippen molar-refractivity contribution in [3.05, 3.63) is 17.1 Å². The molecule has 0 heterocycles. The Morgan fingerprint density at radius 3 is 2.71 bits per heavy atom. The van der Waals surface area contributed by atoms with Crippen LogP contribution in [0.5, 0.6) is 0 Å². The van der Waals surface area contributed by atoms with Crippen LogP contribution in [0.15, 0.2) is 17.1 Å². The van der Waals surface area contributed by atoms with E-state index in [9.17, 15) is 4.57 Å². The summed E-state index contributed by atoms with van der Waals surface area (Å²) in [5, 5.41) is 2.77. The summed E-state index contributed by atoms with van der Waals surface area (Å²) in [6.07, 6.45) is 0. The molecule has 0 aromatic rings. The van der Waals surface area contributed by atoms with Crippen molar-refractivity contribution in [1.82, 2.24) is 5.09 Å². The summed E-state index contributed by atoms with van der Waals surface area (Å²) < 4.78 is 17.1. The van der Waals surface area contributed by atoms with Crippen LogP contribution in [-0.2, 0) is 9.09 Å². The topological polar surface area (TPSA) is 38.3 Å². The molecule has 1 atom stereocenters. The maximum Gasteiger partial charge on any atom is 0.300 e. The first-order chi connectivity index (χ1) is 6.54. The second kappa shape index (κ2) is 7.28. The lowest BCUT2D eigenvalue weighted by molar-refractivity contribution is 0.332. The number of rotatable bonds is 6. The first kappa shape index (κ1) is 14.0. The highest BCUT2D eigenvalue weighted by Gasteiger charge is 2.16. The second-order valence-corrected chi connectivity index (χ2v) is 5.29. The van der Waals surface area contributed by atoms with E-state index < -0.39 is 7.52 Å². The molecule has 0 radical (unpaired) electrons. The fraction of sp³-hybridized carbons (Fsp3) is 0.667. The monoisotopic (exact) mass is 237 g/mol. The summed E-state index contributed by atoms with van der Waals surface area (Å²) in [7, 11) is -2.88. The van der Waals surface area contributed by atoms with E-state index in [1.165, 1.54) is 5.82 Å². The molecule has 0 spiro atoms. The van der Waals surface area contributed by atoms with Crippen LogP contribution >= 0.6 is 19.1 Å². The smallest absolute Gasteiger partial charge is 0.300 e. The molecule has 0 bridgehead atoms. The first-order valence-corrected chi connectivity index (χ1v) is 6.73.